The highest BCUT2D eigenvalue weighted by atomic mass is 32.2. The molecule has 0 saturated carbocycles. The van der Waals surface area contributed by atoms with Gasteiger partial charge in [-0.15, -0.1) is 0 Å². The fourth-order valence-corrected chi connectivity index (χ4v) is 6.73. The van der Waals surface area contributed by atoms with Crippen LogP contribution in [0.1, 0.15) is 47.2 Å². The number of piperidine rings is 1. The third-order valence-corrected chi connectivity index (χ3v) is 8.39. The lowest BCUT2D eigenvalue weighted by atomic mass is 9.85. The summed E-state index contributed by atoms with van der Waals surface area (Å²) in [6.07, 6.45) is 4.63. The van der Waals surface area contributed by atoms with Gasteiger partial charge in [0.1, 0.15) is 0 Å². The summed E-state index contributed by atoms with van der Waals surface area (Å²) in [5, 5.41) is 10.8. The van der Waals surface area contributed by atoms with Crippen LogP contribution in [0.2, 0.25) is 0 Å². The topological polar surface area (TPSA) is 70.5 Å². The molecular weight excluding hydrogens is 408 g/mol. The molecule has 1 fully saturated rings. The van der Waals surface area contributed by atoms with Crippen molar-refractivity contribution in [2.24, 2.45) is 5.92 Å². The highest BCUT2D eigenvalue weighted by Crippen LogP contribution is 2.42. The van der Waals surface area contributed by atoms with Crippen LogP contribution in [0.4, 0.5) is 0 Å². The van der Waals surface area contributed by atoms with Crippen molar-refractivity contribution in [2.75, 3.05) is 13.1 Å². The number of aliphatic hydroxyl groups is 1. The predicted octanol–water partition coefficient (Wildman–Crippen LogP) is 3.90. The zero-order chi connectivity index (χ0) is 21.4. The number of likely N-dealkylation sites (tertiary alicyclic amines) is 1. The Balaban J connectivity index is 1.47. The molecule has 0 radical (unpaired) electrons. The average Bonchev–Trinajstić information content (AvgIpc) is 2.91. The van der Waals surface area contributed by atoms with Gasteiger partial charge in [-0.1, -0.05) is 48.5 Å². The van der Waals surface area contributed by atoms with E-state index in [4.69, 9.17) is 0 Å². The van der Waals surface area contributed by atoms with Crippen LogP contribution in [-0.2, 0) is 15.6 Å². The average molecular weight is 435 g/mol. The van der Waals surface area contributed by atoms with Crippen LogP contribution < -0.4 is 0 Å². The normalized spacial score (nSPS) is 22.2. The molecule has 2 atom stereocenters. The fraction of sp³-hybridized carbons (Fsp3) is 0.320. The molecule has 31 heavy (non-hydrogen) atoms. The number of rotatable bonds is 3. The van der Waals surface area contributed by atoms with Gasteiger partial charge in [0.15, 0.2) is 9.84 Å². The number of aromatic nitrogens is 1. The minimum atomic E-state index is -3.40. The van der Waals surface area contributed by atoms with E-state index < -0.39 is 15.9 Å². The molecule has 0 amide bonds. The van der Waals surface area contributed by atoms with Gasteiger partial charge < -0.3 is 5.11 Å². The lowest BCUT2D eigenvalue weighted by Gasteiger charge is -2.39. The molecule has 1 saturated heterocycles. The first kappa shape index (κ1) is 20.4. The Morgan fingerprint density at radius 3 is 2.39 bits per heavy atom. The number of nitrogens with zero attached hydrogens (tertiary/aromatic N) is 2. The second kappa shape index (κ2) is 8.19. The summed E-state index contributed by atoms with van der Waals surface area (Å²) in [4.78, 5) is 6.95. The Bertz CT molecular complexity index is 1170. The number of fused-ring (bicyclic) bond motifs is 2. The van der Waals surface area contributed by atoms with Crippen LogP contribution in [0.5, 0.6) is 0 Å². The Morgan fingerprint density at radius 2 is 1.65 bits per heavy atom. The van der Waals surface area contributed by atoms with Gasteiger partial charge in [0, 0.05) is 12.4 Å². The second-order valence-electron chi connectivity index (χ2n) is 8.50. The van der Waals surface area contributed by atoms with E-state index in [1.807, 2.05) is 42.5 Å². The zero-order valence-electron chi connectivity index (χ0n) is 17.3. The maximum atomic E-state index is 13.1. The number of hydrogen-bond donors (Lipinski definition) is 1. The number of pyridine rings is 1. The minimum absolute atomic E-state index is 0.0346. The molecule has 1 N–H and O–H groups in total. The van der Waals surface area contributed by atoms with Crippen molar-refractivity contribution >= 4 is 9.84 Å². The van der Waals surface area contributed by atoms with Crippen molar-refractivity contribution in [3.8, 4) is 0 Å². The molecule has 5 rings (SSSR count). The standard InChI is InChI=1S/C25H26N2O3S/c28-25(19-7-5-13-26-16-19)18-11-14-27(15-12-18)24-21-8-2-1-6-20(21)17-31(29,30)23-10-4-3-9-22(23)24/h1-10,13,16,18,24-25,28H,11-12,14-15,17H2. The Kier molecular flexibility index (Phi) is 5.38. The lowest BCUT2D eigenvalue weighted by molar-refractivity contribution is 0.0496. The molecule has 6 heteroatoms. The Morgan fingerprint density at radius 1 is 0.935 bits per heavy atom. The van der Waals surface area contributed by atoms with Crippen LogP contribution in [0.15, 0.2) is 78.0 Å². The van der Waals surface area contributed by atoms with Gasteiger partial charge in [0.25, 0.3) is 0 Å². The highest BCUT2D eigenvalue weighted by molar-refractivity contribution is 7.90. The lowest BCUT2D eigenvalue weighted by Crippen LogP contribution is -2.39. The van der Waals surface area contributed by atoms with E-state index in [0.717, 1.165) is 48.2 Å². The van der Waals surface area contributed by atoms with E-state index in [2.05, 4.69) is 16.0 Å². The molecule has 2 unspecified atom stereocenters. The van der Waals surface area contributed by atoms with Gasteiger partial charge >= 0.3 is 0 Å². The van der Waals surface area contributed by atoms with Gasteiger partial charge in [-0.25, -0.2) is 8.42 Å². The van der Waals surface area contributed by atoms with E-state index in [9.17, 15) is 13.5 Å². The fourth-order valence-electron chi connectivity index (χ4n) is 5.08. The molecule has 1 aromatic heterocycles. The summed E-state index contributed by atoms with van der Waals surface area (Å²) in [7, 11) is -3.40. The van der Waals surface area contributed by atoms with Crippen LogP contribution in [-0.4, -0.2) is 36.5 Å². The number of hydrogen-bond acceptors (Lipinski definition) is 5. The van der Waals surface area contributed by atoms with E-state index in [0.29, 0.717) is 4.90 Å². The van der Waals surface area contributed by atoms with Crippen molar-refractivity contribution in [3.63, 3.8) is 0 Å². The first-order chi connectivity index (χ1) is 15.0. The van der Waals surface area contributed by atoms with Gasteiger partial charge in [0.2, 0.25) is 0 Å². The van der Waals surface area contributed by atoms with Crippen LogP contribution in [0.3, 0.4) is 0 Å². The maximum Gasteiger partial charge on any atom is 0.182 e. The Labute approximate surface area is 183 Å². The maximum absolute atomic E-state index is 13.1. The van der Waals surface area contributed by atoms with Gasteiger partial charge in [-0.3, -0.25) is 9.88 Å². The molecular formula is C25H26N2O3S. The molecule has 3 heterocycles. The van der Waals surface area contributed by atoms with Crippen molar-refractivity contribution in [1.29, 1.82) is 0 Å². The van der Waals surface area contributed by atoms with E-state index in [1.165, 1.54) is 0 Å². The smallest absolute Gasteiger partial charge is 0.182 e. The Hall–Kier alpha value is -2.54. The minimum Gasteiger partial charge on any atom is -0.388 e. The van der Waals surface area contributed by atoms with Crippen molar-refractivity contribution < 1.29 is 13.5 Å². The third-order valence-electron chi connectivity index (χ3n) is 6.66. The van der Waals surface area contributed by atoms with Gasteiger partial charge in [-0.05, 0) is 66.2 Å². The van der Waals surface area contributed by atoms with Gasteiger partial charge in [0.05, 0.1) is 22.8 Å². The van der Waals surface area contributed by atoms with Crippen LogP contribution in [0, 0.1) is 5.92 Å². The van der Waals surface area contributed by atoms with Crippen LogP contribution >= 0.6 is 0 Å². The van der Waals surface area contributed by atoms with Crippen molar-refractivity contribution in [2.45, 2.75) is 35.6 Å². The van der Waals surface area contributed by atoms with E-state index >= 15 is 0 Å². The highest BCUT2D eigenvalue weighted by Gasteiger charge is 2.36. The largest absolute Gasteiger partial charge is 0.388 e. The second-order valence-corrected chi connectivity index (χ2v) is 10.5. The number of benzene rings is 2. The molecule has 5 nitrogen and oxygen atoms in total. The molecule has 0 bridgehead atoms. The summed E-state index contributed by atoms with van der Waals surface area (Å²) in [6.45, 7) is 1.60. The molecule has 2 aromatic carbocycles. The van der Waals surface area contributed by atoms with Gasteiger partial charge in [-0.2, -0.15) is 0 Å². The molecule has 0 aliphatic carbocycles. The predicted molar refractivity (Wildman–Crippen MR) is 119 cm³/mol. The first-order valence-electron chi connectivity index (χ1n) is 10.8. The number of sulfone groups is 1. The monoisotopic (exact) mass is 434 g/mol. The van der Waals surface area contributed by atoms with Crippen molar-refractivity contribution in [3.05, 3.63) is 95.3 Å². The summed E-state index contributed by atoms with van der Waals surface area (Å²) >= 11 is 0. The summed E-state index contributed by atoms with van der Waals surface area (Å²) in [5.74, 6) is 0.202. The number of aliphatic hydroxyl groups excluding tert-OH is 1. The summed E-state index contributed by atoms with van der Waals surface area (Å²) in [6, 6.07) is 19.0. The van der Waals surface area contributed by atoms with E-state index in [1.54, 1.807) is 24.5 Å². The SMILES string of the molecule is O=S1(=O)Cc2ccccc2C(N2CCC(C(O)c3cccnc3)CC2)c2ccccc21. The van der Waals surface area contributed by atoms with Crippen molar-refractivity contribution in [1.82, 2.24) is 9.88 Å². The molecule has 2 aliphatic rings. The molecule has 3 aromatic rings. The zero-order valence-corrected chi connectivity index (χ0v) is 18.1. The van der Waals surface area contributed by atoms with E-state index in [-0.39, 0.29) is 17.7 Å². The first-order valence-corrected chi connectivity index (χ1v) is 12.4. The third kappa shape index (κ3) is 3.80. The summed E-state index contributed by atoms with van der Waals surface area (Å²) < 4.78 is 26.2. The summed E-state index contributed by atoms with van der Waals surface area (Å²) in [5.41, 5.74) is 3.67. The molecule has 160 valence electrons. The quantitative estimate of drug-likeness (QED) is 0.677. The molecule has 0 spiro atoms. The van der Waals surface area contributed by atoms with Crippen LogP contribution in [0.25, 0.3) is 0 Å². The molecule has 2 aliphatic heterocycles.